The highest BCUT2D eigenvalue weighted by molar-refractivity contribution is 5.80. The molecule has 96 valence electrons. The van der Waals surface area contributed by atoms with E-state index < -0.39 is 0 Å². The molecule has 1 aromatic carbocycles. The standard InChI is InChI=1S/C15H20N2O/c1-2-9-17(15(18)14-11-16-12-14)10-8-13-6-4-3-5-7-13/h2-7,14,16H,1,8-12H2. The van der Waals surface area contributed by atoms with Gasteiger partial charge >= 0.3 is 0 Å². The van der Waals surface area contributed by atoms with Gasteiger partial charge < -0.3 is 10.2 Å². The van der Waals surface area contributed by atoms with Crippen LogP contribution in [0.5, 0.6) is 0 Å². The smallest absolute Gasteiger partial charge is 0.228 e. The van der Waals surface area contributed by atoms with Crippen LogP contribution in [0.1, 0.15) is 5.56 Å². The van der Waals surface area contributed by atoms with Crippen molar-refractivity contribution in [1.82, 2.24) is 10.2 Å². The summed E-state index contributed by atoms with van der Waals surface area (Å²) in [5, 5.41) is 3.14. The number of rotatable bonds is 6. The van der Waals surface area contributed by atoms with Crippen LogP contribution in [0.25, 0.3) is 0 Å². The molecule has 0 saturated carbocycles. The Morgan fingerprint density at radius 1 is 1.39 bits per heavy atom. The fourth-order valence-electron chi connectivity index (χ4n) is 2.08. The third kappa shape index (κ3) is 3.20. The molecule has 1 aliphatic rings. The highest BCUT2D eigenvalue weighted by atomic mass is 16.2. The average Bonchev–Trinajstić information content (AvgIpc) is 2.33. The second kappa shape index (κ2) is 6.36. The topological polar surface area (TPSA) is 32.3 Å². The Kier molecular flexibility index (Phi) is 4.53. The van der Waals surface area contributed by atoms with Gasteiger partial charge in [-0.25, -0.2) is 0 Å². The van der Waals surface area contributed by atoms with E-state index in [1.54, 1.807) is 6.08 Å². The van der Waals surface area contributed by atoms with Crippen molar-refractivity contribution in [3.05, 3.63) is 48.6 Å². The van der Waals surface area contributed by atoms with Gasteiger partial charge in [0.25, 0.3) is 0 Å². The van der Waals surface area contributed by atoms with Gasteiger partial charge in [-0.2, -0.15) is 0 Å². The zero-order valence-corrected chi connectivity index (χ0v) is 10.6. The Morgan fingerprint density at radius 2 is 2.11 bits per heavy atom. The first-order valence-corrected chi connectivity index (χ1v) is 6.45. The Bertz CT molecular complexity index is 398. The molecule has 2 rings (SSSR count). The molecule has 1 aliphatic heterocycles. The number of benzene rings is 1. The molecule has 0 spiro atoms. The zero-order chi connectivity index (χ0) is 12.8. The maximum absolute atomic E-state index is 12.2. The van der Waals surface area contributed by atoms with Crippen molar-refractivity contribution in [2.75, 3.05) is 26.2 Å². The number of hydrogen-bond acceptors (Lipinski definition) is 2. The summed E-state index contributed by atoms with van der Waals surface area (Å²) in [7, 11) is 0. The lowest BCUT2D eigenvalue weighted by Gasteiger charge is -2.32. The monoisotopic (exact) mass is 244 g/mol. The molecule has 1 fully saturated rings. The largest absolute Gasteiger partial charge is 0.338 e. The summed E-state index contributed by atoms with van der Waals surface area (Å²) >= 11 is 0. The van der Waals surface area contributed by atoms with Crippen LogP contribution in [-0.2, 0) is 11.2 Å². The Morgan fingerprint density at radius 3 is 2.67 bits per heavy atom. The van der Waals surface area contributed by atoms with Gasteiger partial charge in [-0.3, -0.25) is 4.79 Å². The van der Waals surface area contributed by atoms with Crippen LogP contribution in [0.15, 0.2) is 43.0 Å². The van der Waals surface area contributed by atoms with E-state index in [0.717, 1.165) is 26.1 Å². The Balaban J connectivity index is 1.89. The van der Waals surface area contributed by atoms with Gasteiger partial charge in [-0.1, -0.05) is 36.4 Å². The predicted molar refractivity (Wildman–Crippen MR) is 73.3 cm³/mol. The minimum Gasteiger partial charge on any atom is -0.338 e. The van der Waals surface area contributed by atoms with E-state index in [9.17, 15) is 4.79 Å². The van der Waals surface area contributed by atoms with Crippen LogP contribution in [0.3, 0.4) is 0 Å². The highest BCUT2D eigenvalue weighted by Gasteiger charge is 2.28. The molecular weight excluding hydrogens is 224 g/mol. The second-order valence-electron chi connectivity index (χ2n) is 4.66. The molecule has 1 saturated heterocycles. The van der Waals surface area contributed by atoms with E-state index in [2.05, 4.69) is 24.0 Å². The normalized spacial score (nSPS) is 14.9. The van der Waals surface area contributed by atoms with Gasteiger partial charge in [-0.15, -0.1) is 6.58 Å². The summed E-state index contributed by atoms with van der Waals surface area (Å²) in [6.45, 7) is 6.78. The predicted octanol–water partition coefficient (Wildman–Crippen LogP) is 1.46. The number of amides is 1. The van der Waals surface area contributed by atoms with E-state index in [1.165, 1.54) is 5.56 Å². The number of carbonyl (C=O) groups is 1. The number of carbonyl (C=O) groups excluding carboxylic acids is 1. The molecule has 0 bridgehead atoms. The first kappa shape index (κ1) is 12.8. The minimum absolute atomic E-state index is 0.167. The summed E-state index contributed by atoms with van der Waals surface area (Å²) in [6.07, 6.45) is 2.70. The van der Waals surface area contributed by atoms with Crippen LogP contribution in [-0.4, -0.2) is 37.0 Å². The molecule has 1 amide bonds. The van der Waals surface area contributed by atoms with Crippen LogP contribution in [0.2, 0.25) is 0 Å². The molecular formula is C15H20N2O. The number of hydrogen-bond donors (Lipinski definition) is 1. The zero-order valence-electron chi connectivity index (χ0n) is 10.6. The van der Waals surface area contributed by atoms with Crippen molar-refractivity contribution in [3.63, 3.8) is 0 Å². The van der Waals surface area contributed by atoms with Crippen molar-refractivity contribution < 1.29 is 4.79 Å². The van der Waals surface area contributed by atoms with Crippen LogP contribution >= 0.6 is 0 Å². The van der Waals surface area contributed by atoms with Gasteiger partial charge in [0.1, 0.15) is 0 Å². The van der Waals surface area contributed by atoms with E-state index in [1.807, 2.05) is 23.1 Å². The first-order valence-electron chi connectivity index (χ1n) is 6.45. The van der Waals surface area contributed by atoms with Crippen LogP contribution < -0.4 is 5.32 Å². The summed E-state index contributed by atoms with van der Waals surface area (Å²) in [4.78, 5) is 14.1. The van der Waals surface area contributed by atoms with E-state index in [-0.39, 0.29) is 11.8 Å². The second-order valence-corrected chi connectivity index (χ2v) is 4.66. The molecule has 1 N–H and O–H groups in total. The van der Waals surface area contributed by atoms with Crippen molar-refractivity contribution in [1.29, 1.82) is 0 Å². The lowest BCUT2D eigenvalue weighted by molar-refractivity contribution is -0.136. The van der Waals surface area contributed by atoms with Crippen LogP contribution in [0.4, 0.5) is 0 Å². The Hall–Kier alpha value is -1.61. The Labute approximate surface area is 108 Å². The van der Waals surface area contributed by atoms with Gasteiger partial charge in [0.2, 0.25) is 5.91 Å². The van der Waals surface area contributed by atoms with Crippen molar-refractivity contribution >= 4 is 5.91 Å². The molecule has 3 heteroatoms. The molecule has 1 aromatic rings. The molecule has 1 heterocycles. The quantitative estimate of drug-likeness (QED) is 0.768. The molecule has 0 radical (unpaired) electrons. The summed E-state index contributed by atoms with van der Waals surface area (Å²) < 4.78 is 0. The SMILES string of the molecule is C=CCN(CCc1ccccc1)C(=O)C1CNC1. The molecule has 18 heavy (non-hydrogen) atoms. The van der Waals surface area contributed by atoms with E-state index >= 15 is 0 Å². The van der Waals surface area contributed by atoms with E-state index in [4.69, 9.17) is 0 Å². The lowest BCUT2D eigenvalue weighted by Crippen LogP contribution is -2.52. The summed E-state index contributed by atoms with van der Waals surface area (Å²) in [5.74, 6) is 0.422. The molecule has 0 aliphatic carbocycles. The summed E-state index contributed by atoms with van der Waals surface area (Å²) in [5.41, 5.74) is 1.27. The third-order valence-electron chi connectivity index (χ3n) is 3.31. The fraction of sp³-hybridized carbons (Fsp3) is 0.400. The van der Waals surface area contributed by atoms with Crippen molar-refractivity contribution in [2.45, 2.75) is 6.42 Å². The summed E-state index contributed by atoms with van der Waals surface area (Å²) in [6, 6.07) is 10.3. The number of nitrogens with zero attached hydrogens (tertiary/aromatic N) is 1. The molecule has 0 aromatic heterocycles. The minimum atomic E-state index is 0.167. The molecule has 3 nitrogen and oxygen atoms in total. The lowest BCUT2D eigenvalue weighted by atomic mass is 10.0. The first-order chi connectivity index (χ1) is 8.81. The van der Waals surface area contributed by atoms with Crippen molar-refractivity contribution in [2.24, 2.45) is 5.92 Å². The van der Waals surface area contributed by atoms with Gasteiger partial charge in [0.15, 0.2) is 0 Å². The maximum Gasteiger partial charge on any atom is 0.228 e. The molecule has 0 unspecified atom stereocenters. The van der Waals surface area contributed by atoms with E-state index in [0.29, 0.717) is 6.54 Å². The third-order valence-corrected chi connectivity index (χ3v) is 3.31. The fourth-order valence-corrected chi connectivity index (χ4v) is 2.08. The highest BCUT2D eigenvalue weighted by Crippen LogP contribution is 2.10. The van der Waals surface area contributed by atoms with Crippen LogP contribution in [0, 0.1) is 5.92 Å². The van der Waals surface area contributed by atoms with Gasteiger partial charge in [0.05, 0.1) is 5.92 Å². The average molecular weight is 244 g/mol. The van der Waals surface area contributed by atoms with Gasteiger partial charge in [-0.05, 0) is 12.0 Å². The maximum atomic E-state index is 12.2. The van der Waals surface area contributed by atoms with Crippen molar-refractivity contribution in [3.8, 4) is 0 Å². The van der Waals surface area contributed by atoms with Gasteiger partial charge in [0, 0.05) is 26.2 Å². The number of nitrogens with one attached hydrogen (secondary N) is 1. The molecule has 0 atom stereocenters.